The highest BCUT2D eigenvalue weighted by Gasteiger charge is 2.27. The molecule has 30 heavy (non-hydrogen) atoms. The minimum atomic E-state index is -0.826. The van der Waals surface area contributed by atoms with E-state index in [0.29, 0.717) is 12.1 Å². The van der Waals surface area contributed by atoms with Crippen molar-refractivity contribution in [3.8, 4) is 0 Å². The van der Waals surface area contributed by atoms with Gasteiger partial charge in [-0.05, 0) is 44.9 Å². The van der Waals surface area contributed by atoms with Crippen LogP contribution in [0.4, 0.5) is 10.5 Å². The van der Waals surface area contributed by atoms with Crippen molar-refractivity contribution in [2.45, 2.75) is 52.7 Å². The normalized spacial score (nSPS) is 12.9. The summed E-state index contributed by atoms with van der Waals surface area (Å²) in [6.07, 6.45) is -0.0108. The number of carbonyl (C=O) groups excluding carboxylic acids is 4. The number of hydrogen-bond acceptors (Lipinski definition) is 7. The molecule has 9 nitrogen and oxygen atoms in total. The van der Waals surface area contributed by atoms with E-state index >= 15 is 0 Å². The van der Waals surface area contributed by atoms with Crippen LogP contribution in [-0.4, -0.2) is 49.3 Å². The van der Waals surface area contributed by atoms with Gasteiger partial charge in [-0.25, -0.2) is 14.4 Å². The second kappa shape index (κ2) is 11.2. The number of nitrogens with one attached hydrogen (secondary N) is 2. The molecule has 166 valence electrons. The Bertz CT molecular complexity index is 771. The van der Waals surface area contributed by atoms with E-state index in [1.54, 1.807) is 39.8 Å². The Morgan fingerprint density at radius 3 is 2.37 bits per heavy atom. The molecule has 0 fully saturated rings. The lowest BCUT2D eigenvalue weighted by Gasteiger charge is -2.21. The molecule has 2 atom stereocenters. The molecule has 0 radical (unpaired) electrons. The van der Waals surface area contributed by atoms with E-state index in [0.717, 1.165) is 0 Å². The van der Waals surface area contributed by atoms with Gasteiger partial charge in [0.15, 0.2) is 6.61 Å². The highest BCUT2D eigenvalue weighted by molar-refractivity contribution is 5.94. The van der Waals surface area contributed by atoms with E-state index in [-0.39, 0.29) is 11.5 Å². The minimum Gasteiger partial charge on any atom is -0.467 e. The van der Waals surface area contributed by atoms with Gasteiger partial charge < -0.3 is 19.5 Å². The first-order chi connectivity index (χ1) is 14.0. The lowest BCUT2D eigenvalue weighted by atomic mass is 9.99. The third-order valence-electron chi connectivity index (χ3n) is 4.06. The van der Waals surface area contributed by atoms with Crippen LogP contribution in [-0.2, 0) is 23.8 Å². The maximum Gasteiger partial charge on any atom is 0.412 e. The molecule has 0 aliphatic carbocycles. The molecule has 0 unspecified atom stereocenters. The number of hydrogen-bond donors (Lipinski definition) is 2. The third kappa shape index (κ3) is 8.50. The maximum absolute atomic E-state index is 12.2. The molecular formula is C21H30N2O7. The predicted octanol–water partition coefficient (Wildman–Crippen LogP) is 2.89. The maximum atomic E-state index is 12.2. The summed E-state index contributed by atoms with van der Waals surface area (Å²) >= 11 is 0. The Balaban J connectivity index is 2.67. The fourth-order valence-electron chi connectivity index (χ4n) is 2.37. The van der Waals surface area contributed by atoms with Crippen LogP contribution in [0.15, 0.2) is 24.3 Å². The SMILES string of the molecule is CC[C@H](C)[C@H](NC(=O)COC(=O)c1cccc(NC(=O)OC(C)(C)C)c1)C(=O)OC. The van der Waals surface area contributed by atoms with Crippen molar-refractivity contribution in [1.29, 1.82) is 0 Å². The molecule has 0 saturated carbocycles. The molecule has 0 bridgehead atoms. The lowest BCUT2D eigenvalue weighted by molar-refractivity contribution is -0.147. The summed E-state index contributed by atoms with van der Waals surface area (Å²) in [6, 6.07) is 5.20. The average Bonchev–Trinajstić information content (AvgIpc) is 2.67. The smallest absolute Gasteiger partial charge is 0.412 e. The Labute approximate surface area is 176 Å². The van der Waals surface area contributed by atoms with Crippen LogP contribution in [0, 0.1) is 5.92 Å². The molecule has 0 spiro atoms. The van der Waals surface area contributed by atoms with Gasteiger partial charge in [-0.15, -0.1) is 0 Å². The summed E-state index contributed by atoms with van der Waals surface area (Å²) in [4.78, 5) is 48.0. The van der Waals surface area contributed by atoms with Crippen molar-refractivity contribution in [3.05, 3.63) is 29.8 Å². The largest absolute Gasteiger partial charge is 0.467 e. The Hall–Kier alpha value is -3.10. The summed E-state index contributed by atoms with van der Waals surface area (Å²) in [7, 11) is 1.24. The van der Waals surface area contributed by atoms with E-state index in [1.807, 2.05) is 6.92 Å². The molecule has 0 saturated heterocycles. The van der Waals surface area contributed by atoms with Crippen molar-refractivity contribution in [2.24, 2.45) is 5.92 Å². The van der Waals surface area contributed by atoms with Crippen molar-refractivity contribution >= 4 is 29.6 Å². The van der Waals surface area contributed by atoms with Crippen LogP contribution in [0.25, 0.3) is 0 Å². The summed E-state index contributed by atoms with van der Waals surface area (Å²) in [5.41, 5.74) is -0.181. The Kier molecular flexibility index (Phi) is 9.29. The average molecular weight is 422 g/mol. The number of rotatable bonds is 8. The van der Waals surface area contributed by atoms with Crippen molar-refractivity contribution < 1.29 is 33.4 Å². The number of anilines is 1. The second-order valence-electron chi connectivity index (χ2n) is 7.74. The van der Waals surface area contributed by atoms with Gasteiger partial charge in [-0.3, -0.25) is 10.1 Å². The van der Waals surface area contributed by atoms with Gasteiger partial charge in [-0.2, -0.15) is 0 Å². The van der Waals surface area contributed by atoms with Crippen molar-refractivity contribution in [3.63, 3.8) is 0 Å². The molecule has 1 rings (SSSR count). The summed E-state index contributed by atoms with van der Waals surface area (Å²) in [5.74, 6) is -2.09. The zero-order valence-electron chi connectivity index (χ0n) is 18.2. The fourth-order valence-corrected chi connectivity index (χ4v) is 2.37. The van der Waals surface area contributed by atoms with E-state index in [4.69, 9.17) is 14.2 Å². The molecule has 2 amide bonds. The van der Waals surface area contributed by atoms with Crippen LogP contribution >= 0.6 is 0 Å². The van der Waals surface area contributed by atoms with E-state index in [2.05, 4.69) is 10.6 Å². The number of ether oxygens (including phenoxy) is 3. The molecule has 2 N–H and O–H groups in total. The number of benzene rings is 1. The standard InChI is InChI=1S/C21H30N2O7/c1-7-13(2)17(19(26)28-6)23-16(24)12-29-18(25)14-9-8-10-15(11-14)22-20(27)30-21(3,4)5/h8-11,13,17H,7,12H2,1-6H3,(H,22,27)(H,23,24)/t13-,17-/m0/s1. The first kappa shape index (κ1) is 24.9. The molecule has 1 aromatic carbocycles. The first-order valence-corrected chi connectivity index (χ1v) is 9.61. The van der Waals surface area contributed by atoms with Gasteiger partial charge in [-0.1, -0.05) is 26.3 Å². The monoisotopic (exact) mass is 422 g/mol. The molecule has 0 heterocycles. The van der Waals surface area contributed by atoms with Gasteiger partial charge in [0, 0.05) is 5.69 Å². The van der Waals surface area contributed by atoms with Crippen LogP contribution in [0.2, 0.25) is 0 Å². The van der Waals surface area contributed by atoms with Crippen molar-refractivity contribution in [2.75, 3.05) is 19.0 Å². The van der Waals surface area contributed by atoms with Crippen LogP contribution in [0.5, 0.6) is 0 Å². The minimum absolute atomic E-state index is 0.141. The summed E-state index contributed by atoms with van der Waals surface area (Å²) < 4.78 is 14.9. The van der Waals surface area contributed by atoms with E-state index in [9.17, 15) is 19.2 Å². The molecule has 0 aliphatic rings. The lowest BCUT2D eigenvalue weighted by Crippen LogP contribution is -2.47. The zero-order chi connectivity index (χ0) is 22.9. The molecular weight excluding hydrogens is 392 g/mol. The second-order valence-corrected chi connectivity index (χ2v) is 7.74. The Morgan fingerprint density at radius 1 is 1.13 bits per heavy atom. The summed E-state index contributed by atoms with van der Waals surface area (Å²) in [6.45, 7) is 8.32. The predicted molar refractivity (Wildman–Crippen MR) is 110 cm³/mol. The molecule has 0 aromatic heterocycles. The fraction of sp³-hybridized carbons (Fsp3) is 0.524. The topological polar surface area (TPSA) is 120 Å². The first-order valence-electron chi connectivity index (χ1n) is 9.61. The van der Waals surface area contributed by atoms with Crippen LogP contribution in [0.1, 0.15) is 51.4 Å². The zero-order valence-corrected chi connectivity index (χ0v) is 18.2. The molecule has 1 aromatic rings. The van der Waals surface area contributed by atoms with Gasteiger partial charge >= 0.3 is 18.0 Å². The highest BCUT2D eigenvalue weighted by atomic mass is 16.6. The van der Waals surface area contributed by atoms with Gasteiger partial charge in [0.1, 0.15) is 11.6 Å². The van der Waals surface area contributed by atoms with E-state index in [1.165, 1.54) is 19.2 Å². The van der Waals surface area contributed by atoms with Gasteiger partial charge in [0.2, 0.25) is 0 Å². The number of esters is 2. The molecule has 0 aliphatic heterocycles. The highest BCUT2D eigenvalue weighted by Crippen LogP contribution is 2.14. The van der Waals surface area contributed by atoms with Crippen molar-refractivity contribution in [1.82, 2.24) is 5.32 Å². The van der Waals surface area contributed by atoms with E-state index < -0.39 is 42.2 Å². The number of methoxy groups -OCH3 is 1. The molecule has 9 heteroatoms. The van der Waals surface area contributed by atoms with Gasteiger partial charge in [0.25, 0.3) is 5.91 Å². The third-order valence-corrected chi connectivity index (χ3v) is 4.06. The number of carbonyl (C=O) groups is 4. The van der Waals surface area contributed by atoms with Crippen LogP contribution in [0.3, 0.4) is 0 Å². The summed E-state index contributed by atoms with van der Waals surface area (Å²) in [5, 5.41) is 5.04. The van der Waals surface area contributed by atoms with Crippen LogP contribution < -0.4 is 10.6 Å². The Morgan fingerprint density at radius 2 is 1.80 bits per heavy atom. The quantitative estimate of drug-likeness (QED) is 0.488. The number of amides is 2. The van der Waals surface area contributed by atoms with Gasteiger partial charge in [0.05, 0.1) is 12.7 Å².